The lowest BCUT2D eigenvalue weighted by molar-refractivity contribution is 0.0930. The number of likely N-dealkylation sites (N-methyl/N-ethyl adjacent to an activating group) is 1. The zero-order valence-corrected chi connectivity index (χ0v) is 19.7. The standard InChI is InChI=1S/C22H30ClN3O3S/c1-16(2)26(5)30(28,29)19-11-12-21(23)20(14-19)22(27)24-18(15-25(3)4)13-17-9-7-6-8-10-17/h6-12,14,16,18H,13,15H2,1-5H3,(H,24,27). The zero-order valence-electron chi connectivity index (χ0n) is 18.1. The van der Waals surface area contributed by atoms with Crippen LogP contribution in [-0.4, -0.2) is 63.3 Å². The van der Waals surface area contributed by atoms with Crippen molar-refractivity contribution in [2.45, 2.75) is 37.2 Å². The van der Waals surface area contributed by atoms with Gasteiger partial charge in [-0.3, -0.25) is 4.79 Å². The van der Waals surface area contributed by atoms with Crippen molar-refractivity contribution < 1.29 is 13.2 Å². The number of carbonyl (C=O) groups excluding carboxylic acids is 1. The quantitative estimate of drug-likeness (QED) is 0.635. The number of carbonyl (C=O) groups is 1. The second-order valence-electron chi connectivity index (χ2n) is 7.88. The third kappa shape index (κ3) is 6.28. The van der Waals surface area contributed by atoms with Crippen LogP contribution < -0.4 is 5.32 Å². The summed E-state index contributed by atoms with van der Waals surface area (Å²) in [6.45, 7) is 4.21. The minimum Gasteiger partial charge on any atom is -0.348 e. The van der Waals surface area contributed by atoms with Crippen LogP contribution in [0.2, 0.25) is 5.02 Å². The predicted molar refractivity (Wildman–Crippen MR) is 121 cm³/mol. The molecule has 1 amide bonds. The van der Waals surface area contributed by atoms with Crippen LogP contribution in [-0.2, 0) is 16.4 Å². The fraction of sp³-hybridized carbons (Fsp3) is 0.409. The first-order valence-electron chi connectivity index (χ1n) is 9.79. The predicted octanol–water partition coefficient (Wildman–Crippen LogP) is 3.27. The Hall–Kier alpha value is -1.93. The average Bonchev–Trinajstić information content (AvgIpc) is 2.67. The molecule has 2 rings (SSSR count). The van der Waals surface area contributed by atoms with Gasteiger partial charge in [0.1, 0.15) is 0 Å². The number of nitrogens with one attached hydrogen (secondary N) is 1. The van der Waals surface area contributed by atoms with Crippen molar-refractivity contribution in [1.82, 2.24) is 14.5 Å². The Bertz CT molecular complexity index is 963. The van der Waals surface area contributed by atoms with E-state index < -0.39 is 15.9 Å². The highest BCUT2D eigenvalue weighted by atomic mass is 35.5. The van der Waals surface area contributed by atoms with Gasteiger partial charge in [-0.15, -0.1) is 0 Å². The van der Waals surface area contributed by atoms with Crippen molar-refractivity contribution in [3.8, 4) is 0 Å². The summed E-state index contributed by atoms with van der Waals surface area (Å²) in [5.41, 5.74) is 1.25. The molecule has 30 heavy (non-hydrogen) atoms. The lowest BCUT2D eigenvalue weighted by Crippen LogP contribution is -2.43. The van der Waals surface area contributed by atoms with Gasteiger partial charge in [-0.05, 0) is 58.1 Å². The van der Waals surface area contributed by atoms with E-state index in [4.69, 9.17) is 11.6 Å². The molecule has 164 valence electrons. The van der Waals surface area contributed by atoms with Gasteiger partial charge in [-0.2, -0.15) is 4.31 Å². The number of hydrogen-bond acceptors (Lipinski definition) is 4. The molecule has 2 aromatic rings. The number of rotatable bonds is 9. The maximum absolute atomic E-state index is 13.0. The molecule has 0 saturated carbocycles. The van der Waals surface area contributed by atoms with Crippen LogP contribution in [0, 0.1) is 0 Å². The molecule has 1 N–H and O–H groups in total. The molecule has 0 aromatic heterocycles. The highest BCUT2D eigenvalue weighted by molar-refractivity contribution is 7.89. The summed E-state index contributed by atoms with van der Waals surface area (Å²) in [5, 5.41) is 3.22. The highest BCUT2D eigenvalue weighted by Gasteiger charge is 2.25. The normalized spacial score (nSPS) is 13.1. The molecule has 0 radical (unpaired) electrons. The molecular formula is C22H30ClN3O3S. The van der Waals surface area contributed by atoms with E-state index in [2.05, 4.69) is 5.32 Å². The molecule has 0 saturated heterocycles. The summed E-state index contributed by atoms with van der Waals surface area (Å²) in [6, 6.07) is 13.7. The summed E-state index contributed by atoms with van der Waals surface area (Å²) < 4.78 is 26.9. The lowest BCUT2D eigenvalue weighted by Gasteiger charge is -2.24. The molecule has 0 spiro atoms. The minimum absolute atomic E-state index is 0.0421. The summed E-state index contributed by atoms with van der Waals surface area (Å²) >= 11 is 6.25. The molecule has 6 nitrogen and oxygen atoms in total. The van der Waals surface area contributed by atoms with Gasteiger partial charge in [-0.1, -0.05) is 41.9 Å². The molecular weight excluding hydrogens is 422 g/mol. The van der Waals surface area contributed by atoms with E-state index in [1.54, 1.807) is 13.8 Å². The van der Waals surface area contributed by atoms with E-state index in [1.807, 2.05) is 49.3 Å². The van der Waals surface area contributed by atoms with E-state index in [1.165, 1.54) is 29.6 Å². The first-order valence-corrected chi connectivity index (χ1v) is 11.6. The number of nitrogens with zero attached hydrogens (tertiary/aromatic N) is 2. The van der Waals surface area contributed by atoms with Crippen LogP contribution >= 0.6 is 11.6 Å². The average molecular weight is 452 g/mol. The number of benzene rings is 2. The Morgan fingerprint density at radius 3 is 2.27 bits per heavy atom. The van der Waals surface area contributed by atoms with Crippen molar-refractivity contribution in [2.75, 3.05) is 27.7 Å². The van der Waals surface area contributed by atoms with Crippen LogP contribution in [0.4, 0.5) is 0 Å². The highest BCUT2D eigenvalue weighted by Crippen LogP contribution is 2.23. The largest absolute Gasteiger partial charge is 0.348 e. The molecule has 1 unspecified atom stereocenters. The molecule has 0 fully saturated rings. The molecule has 8 heteroatoms. The van der Waals surface area contributed by atoms with Crippen LogP contribution in [0.5, 0.6) is 0 Å². The Labute approximate surface area is 184 Å². The van der Waals surface area contributed by atoms with Gasteiger partial charge >= 0.3 is 0 Å². The van der Waals surface area contributed by atoms with Crippen molar-refractivity contribution in [3.05, 3.63) is 64.7 Å². The number of hydrogen-bond donors (Lipinski definition) is 1. The maximum Gasteiger partial charge on any atom is 0.253 e. The summed E-state index contributed by atoms with van der Waals surface area (Å²) in [5.74, 6) is -0.396. The SMILES string of the molecule is CC(C)N(C)S(=O)(=O)c1ccc(Cl)c(C(=O)NC(Cc2ccccc2)CN(C)C)c1. The maximum atomic E-state index is 13.0. The van der Waals surface area contributed by atoms with Crippen molar-refractivity contribution in [1.29, 1.82) is 0 Å². The molecule has 0 heterocycles. The lowest BCUT2D eigenvalue weighted by atomic mass is 10.0. The zero-order chi connectivity index (χ0) is 22.5. The van der Waals surface area contributed by atoms with E-state index in [0.717, 1.165) is 5.56 Å². The molecule has 0 aliphatic rings. The van der Waals surface area contributed by atoms with E-state index in [0.29, 0.717) is 13.0 Å². The molecule has 2 aromatic carbocycles. The van der Waals surface area contributed by atoms with Gasteiger partial charge in [-0.25, -0.2) is 8.42 Å². The smallest absolute Gasteiger partial charge is 0.253 e. The van der Waals surface area contributed by atoms with Crippen LogP contribution in [0.1, 0.15) is 29.8 Å². The third-order valence-corrected chi connectivity index (χ3v) is 7.19. The number of amides is 1. The van der Waals surface area contributed by atoms with Gasteiger partial charge in [0.15, 0.2) is 0 Å². The molecule has 0 aliphatic heterocycles. The van der Waals surface area contributed by atoms with Crippen molar-refractivity contribution >= 4 is 27.5 Å². The van der Waals surface area contributed by atoms with Crippen molar-refractivity contribution in [3.63, 3.8) is 0 Å². The molecule has 0 aliphatic carbocycles. The Kier molecular flexibility index (Phi) is 8.43. The summed E-state index contributed by atoms with van der Waals surface area (Å²) in [6.07, 6.45) is 0.649. The first-order chi connectivity index (χ1) is 14.0. The first kappa shape index (κ1) is 24.3. The fourth-order valence-corrected chi connectivity index (χ4v) is 4.64. The van der Waals surface area contributed by atoms with Gasteiger partial charge in [0.05, 0.1) is 15.5 Å². The monoisotopic (exact) mass is 451 g/mol. The summed E-state index contributed by atoms with van der Waals surface area (Å²) in [7, 11) is 1.67. The van der Waals surface area contributed by atoms with E-state index >= 15 is 0 Å². The third-order valence-electron chi connectivity index (χ3n) is 4.83. The van der Waals surface area contributed by atoms with Crippen LogP contribution in [0.3, 0.4) is 0 Å². The van der Waals surface area contributed by atoms with E-state index in [9.17, 15) is 13.2 Å². The van der Waals surface area contributed by atoms with Gasteiger partial charge in [0.2, 0.25) is 10.0 Å². The van der Waals surface area contributed by atoms with Crippen molar-refractivity contribution in [2.24, 2.45) is 0 Å². The Morgan fingerprint density at radius 1 is 1.07 bits per heavy atom. The minimum atomic E-state index is -3.72. The van der Waals surface area contributed by atoms with Crippen LogP contribution in [0.15, 0.2) is 53.4 Å². The van der Waals surface area contributed by atoms with Gasteiger partial charge in [0.25, 0.3) is 5.91 Å². The second-order valence-corrected chi connectivity index (χ2v) is 10.3. The number of sulfonamides is 1. The van der Waals surface area contributed by atoms with E-state index in [-0.39, 0.29) is 27.6 Å². The van der Waals surface area contributed by atoms with Crippen LogP contribution in [0.25, 0.3) is 0 Å². The molecule has 0 bridgehead atoms. The van der Waals surface area contributed by atoms with Gasteiger partial charge in [0, 0.05) is 25.7 Å². The topological polar surface area (TPSA) is 69.7 Å². The molecule has 1 atom stereocenters. The van der Waals surface area contributed by atoms with Gasteiger partial charge < -0.3 is 10.2 Å². The number of halogens is 1. The summed E-state index contributed by atoms with van der Waals surface area (Å²) in [4.78, 5) is 15.0. The Balaban J connectivity index is 2.29. The fourth-order valence-electron chi connectivity index (χ4n) is 3.05. The second kappa shape index (κ2) is 10.4. The Morgan fingerprint density at radius 2 is 1.70 bits per heavy atom.